The highest BCUT2D eigenvalue weighted by atomic mass is 16.8. The second-order valence-corrected chi connectivity index (χ2v) is 6.74. The van der Waals surface area contributed by atoms with Gasteiger partial charge in [0.1, 0.15) is 0 Å². The highest BCUT2D eigenvalue weighted by molar-refractivity contribution is 5.78. The average molecular weight is 329 g/mol. The zero-order valence-electron chi connectivity index (χ0n) is 13.8. The van der Waals surface area contributed by atoms with E-state index in [9.17, 15) is 9.59 Å². The van der Waals surface area contributed by atoms with Crippen molar-refractivity contribution >= 4 is 11.9 Å². The van der Waals surface area contributed by atoms with Crippen LogP contribution in [0.3, 0.4) is 0 Å². The third-order valence-corrected chi connectivity index (χ3v) is 5.17. The van der Waals surface area contributed by atoms with Gasteiger partial charge in [-0.1, -0.05) is 30.3 Å². The first-order valence-electron chi connectivity index (χ1n) is 8.83. The van der Waals surface area contributed by atoms with Crippen molar-refractivity contribution in [2.45, 2.75) is 44.4 Å². The first-order chi connectivity index (χ1) is 11.7. The van der Waals surface area contributed by atoms with Crippen LogP contribution in [0, 0.1) is 0 Å². The van der Waals surface area contributed by atoms with Crippen molar-refractivity contribution in [1.82, 2.24) is 14.9 Å². The van der Waals surface area contributed by atoms with E-state index in [2.05, 4.69) is 0 Å². The zero-order valence-corrected chi connectivity index (χ0v) is 13.8. The van der Waals surface area contributed by atoms with Crippen LogP contribution in [0.1, 0.15) is 43.9 Å². The summed E-state index contributed by atoms with van der Waals surface area (Å²) >= 11 is 0. The molecule has 1 aromatic carbocycles. The lowest BCUT2D eigenvalue weighted by molar-refractivity contribution is -0.129. The van der Waals surface area contributed by atoms with Crippen molar-refractivity contribution in [3.63, 3.8) is 0 Å². The summed E-state index contributed by atoms with van der Waals surface area (Å²) in [6.45, 7) is 2.30. The molecular formula is C18H23N3O3. The maximum atomic E-state index is 12.6. The number of carbonyl (C=O) groups excluding carboxylic acids is 2. The fraction of sp³-hybridized carbons (Fsp3) is 0.556. The molecule has 3 heterocycles. The smallest absolute Gasteiger partial charge is 0.340 e. The molecule has 1 aromatic rings. The van der Waals surface area contributed by atoms with Gasteiger partial charge >= 0.3 is 6.03 Å². The molecule has 3 amide bonds. The van der Waals surface area contributed by atoms with E-state index in [1.54, 1.807) is 0 Å². The molecule has 0 saturated carbocycles. The highest BCUT2D eigenvalue weighted by Crippen LogP contribution is 2.38. The standard InChI is InChI=1S/C18H23N3O3/c22-16-9-5-12-20(16)15-8-4-11-19(13-10-15)18(23)21-17(24-21)14-6-2-1-3-7-14/h1-3,6-7,15,17H,4-5,8-13H2. The molecule has 3 aliphatic rings. The summed E-state index contributed by atoms with van der Waals surface area (Å²) in [4.78, 5) is 33.9. The summed E-state index contributed by atoms with van der Waals surface area (Å²) in [6, 6.07) is 10.0. The second kappa shape index (κ2) is 6.43. The molecule has 24 heavy (non-hydrogen) atoms. The number of nitrogens with zero attached hydrogens (tertiary/aromatic N) is 3. The molecule has 6 heteroatoms. The summed E-state index contributed by atoms with van der Waals surface area (Å²) in [6.07, 6.45) is 4.18. The number of likely N-dealkylation sites (tertiary alicyclic amines) is 2. The summed E-state index contributed by atoms with van der Waals surface area (Å²) in [5.74, 6) is 0.276. The maximum Gasteiger partial charge on any atom is 0.346 e. The predicted molar refractivity (Wildman–Crippen MR) is 87.7 cm³/mol. The molecule has 3 aliphatic heterocycles. The number of benzene rings is 1. The van der Waals surface area contributed by atoms with E-state index in [1.165, 1.54) is 5.06 Å². The molecule has 0 N–H and O–H groups in total. The van der Waals surface area contributed by atoms with Gasteiger partial charge in [-0.3, -0.25) is 4.79 Å². The minimum atomic E-state index is -0.252. The van der Waals surface area contributed by atoms with Gasteiger partial charge in [0, 0.05) is 37.7 Å². The molecule has 3 saturated heterocycles. The fourth-order valence-corrected chi connectivity index (χ4v) is 3.82. The van der Waals surface area contributed by atoms with Crippen LogP contribution >= 0.6 is 0 Å². The minimum Gasteiger partial charge on any atom is -0.340 e. The number of hydroxylamine groups is 2. The number of carbonyl (C=O) groups is 2. The Morgan fingerprint density at radius 1 is 1.04 bits per heavy atom. The number of amides is 3. The van der Waals surface area contributed by atoms with Gasteiger partial charge in [0.15, 0.2) is 0 Å². The van der Waals surface area contributed by atoms with E-state index in [4.69, 9.17) is 4.84 Å². The van der Waals surface area contributed by atoms with Crippen LogP contribution in [0.4, 0.5) is 4.79 Å². The number of urea groups is 1. The Bertz CT molecular complexity index is 621. The second-order valence-electron chi connectivity index (χ2n) is 6.74. The van der Waals surface area contributed by atoms with Crippen LogP contribution < -0.4 is 0 Å². The number of hydrogen-bond acceptors (Lipinski definition) is 3. The molecule has 0 aromatic heterocycles. The molecule has 0 radical (unpaired) electrons. The minimum absolute atomic E-state index is 0.0581. The molecule has 0 aliphatic carbocycles. The van der Waals surface area contributed by atoms with Crippen LogP contribution in [-0.2, 0) is 9.63 Å². The Morgan fingerprint density at radius 2 is 1.88 bits per heavy atom. The summed E-state index contributed by atoms with van der Waals surface area (Å²) < 4.78 is 0. The predicted octanol–water partition coefficient (Wildman–Crippen LogP) is 2.53. The largest absolute Gasteiger partial charge is 0.346 e. The zero-order chi connectivity index (χ0) is 16.5. The molecule has 2 unspecified atom stereocenters. The quantitative estimate of drug-likeness (QED) is 0.784. The molecule has 6 nitrogen and oxygen atoms in total. The summed E-state index contributed by atoms with van der Waals surface area (Å²) in [5, 5.41) is 1.46. The lowest BCUT2D eigenvalue weighted by atomic mass is 10.1. The topological polar surface area (TPSA) is 56.2 Å². The first-order valence-corrected chi connectivity index (χ1v) is 8.83. The van der Waals surface area contributed by atoms with E-state index < -0.39 is 0 Å². The van der Waals surface area contributed by atoms with Gasteiger partial charge in [0.05, 0.1) is 0 Å². The third-order valence-electron chi connectivity index (χ3n) is 5.17. The van der Waals surface area contributed by atoms with Crippen LogP contribution in [-0.4, -0.2) is 52.5 Å². The molecule has 128 valence electrons. The van der Waals surface area contributed by atoms with Gasteiger partial charge in [0.2, 0.25) is 12.1 Å². The average Bonchev–Trinajstić information content (AvgIpc) is 3.35. The van der Waals surface area contributed by atoms with E-state index in [-0.39, 0.29) is 24.2 Å². The Hall–Kier alpha value is -2.08. The summed E-state index contributed by atoms with van der Waals surface area (Å²) in [5.41, 5.74) is 1.00. The Balaban J connectivity index is 1.34. The monoisotopic (exact) mass is 329 g/mol. The van der Waals surface area contributed by atoms with Gasteiger partial charge in [-0.2, -0.15) is 5.06 Å². The number of rotatable bonds is 2. The molecule has 4 rings (SSSR count). The van der Waals surface area contributed by atoms with Gasteiger partial charge in [-0.25, -0.2) is 9.63 Å². The van der Waals surface area contributed by atoms with E-state index in [0.29, 0.717) is 13.0 Å². The van der Waals surface area contributed by atoms with Crippen LogP contribution in [0.5, 0.6) is 0 Å². The fourth-order valence-electron chi connectivity index (χ4n) is 3.82. The van der Waals surface area contributed by atoms with Gasteiger partial charge in [0.25, 0.3) is 0 Å². The summed E-state index contributed by atoms with van der Waals surface area (Å²) in [7, 11) is 0. The molecule has 2 atom stereocenters. The maximum absolute atomic E-state index is 12.6. The van der Waals surface area contributed by atoms with Crippen LogP contribution in [0.2, 0.25) is 0 Å². The molecule has 0 spiro atoms. The van der Waals surface area contributed by atoms with Crippen molar-refractivity contribution in [3.05, 3.63) is 35.9 Å². The molecule has 3 fully saturated rings. The van der Waals surface area contributed by atoms with Gasteiger partial charge in [-0.15, -0.1) is 0 Å². The molecule has 0 bridgehead atoms. The first kappa shape index (κ1) is 15.4. The lowest BCUT2D eigenvalue weighted by Crippen LogP contribution is -2.38. The van der Waals surface area contributed by atoms with Gasteiger partial charge < -0.3 is 9.80 Å². The SMILES string of the molecule is O=C1CCCN1C1CCCN(C(=O)N2OC2c2ccccc2)CC1. The van der Waals surface area contributed by atoms with Crippen molar-refractivity contribution in [1.29, 1.82) is 0 Å². The van der Waals surface area contributed by atoms with Crippen LogP contribution in [0.15, 0.2) is 30.3 Å². The van der Waals surface area contributed by atoms with E-state index in [1.807, 2.05) is 40.1 Å². The Kier molecular flexibility index (Phi) is 4.14. The normalized spacial score (nSPS) is 27.3. The van der Waals surface area contributed by atoms with Gasteiger partial charge in [-0.05, 0) is 25.7 Å². The van der Waals surface area contributed by atoms with E-state index in [0.717, 1.165) is 44.3 Å². The Labute approximate surface area is 141 Å². The van der Waals surface area contributed by atoms with Crippen molar-refractivity contribution in [3.8, 4) is 0 Å². The van der Waals surface area contributed by atoms with Crippen LogP contribution in [0.25, 0.3) is 0 Å². The van der Waals surface area contributed by atoms with E-state index >= 15 is 0 Å². The molecular weight excluding hydrogens is 306 g/mol. The highest BCUT2D eigenvalue weighted by Gasteiger charge is 2.45. The van der Waals surface area contributed by atoms with Crippen molar-refractivity contribution in [2.75, 3.05) is 19.6 Å². The number of hydrogen-bond donors (Lipinski definition) is 0. The Morgan fingerprint density at radius 3 is 2.62 bits per heavy atom. The van der Waals surface area contributed by atoms with Crippen molar-refractivity contribution < 1.29 is 14.4 Å². The lowest BCUT2D eigenvalue weighted by Gasteiger charge is -2.26. The van der Waals surface area contributed by atoms with Crippen molar-refractivity contribution in [2.24, 2.45) is 0 Å². The third kappa shape index (κ3) is 2.98.